The molecule has 4 heteroatoms. The lowest BCUT2D eigenvalue weighted by Gasteiger charge is -2.14. The number of anilines is 1. The maximum Gasteiger partial charge on any atom is 0.255 e. The lowest BCUT2D eigenvalue weighted by atomic mass is 10.1. The molecule has 0 radical (unpaired) electrons. The quantitative estimate of drug-likeness (QED) is 0.412. The second kappa shape index (κ2) is 9.14. The SMILES string of the molecule is CCOc1ccc(C(=O)Nc2ccccc2)cc1COc1cccc2ccccc12. The molecule has 4 aromatic rings. The van der Waals surface area contributed by atoms with Crippen LogP contribution in [0.2, 0.25) is 0 Å². The van der Waals surface area contributed by atoms with Gasteiger partial charge in [-0.3, -0.25) is 4.79 Å². The van der Waals surface area contributed by atoms with Crippen LogP contribution in [0.5, 0.6) is 11.5 Å². The summed E-state index contributed by atoms with van der Waals surface area (Å²) in [6.07, 6.45) is 0. The maximum atomic E-state index is 12.7. The highest BCUT2D eigenvalue weighted by Gasteiger charge is 2.12. The molecule has 1 amide bonds. The molecule has 1 N–H and O–H groups in total. The molecule has 0 heterocycles. The Bertz CT molecular complexity index is 1150. The number of nitrogens with one attached hydrogen (secondary N) is 1. The van der Waals surface area contributed by atoms with E-state index >= 15 is 0 Å². The standard InChI is InChI=1S/C26H23NO3/c1-2-29-24-16-15-20(26(28)27-22-11-4-3-5-12-22)17-21(24)18-30-25-14-8-10-19-9-6-7-13-23(19)25/h3-17H,2,18H2,1H3,(H,27,28). The molecule has 0 aliphatic heterocycles. The van der Waals surface area contributed by atoms with E-state index in [1.807, 2.05) is 79.7 Å². The molecule has 4 aromatic carbocycles. The summed E-state index contributed by atoms with van der Waals surface area (Å²) in [6.45, 7) is 2.78. The van der Waals surface area contributed by atoms with Crippen molar-refractivity contribution in [3.63, 3.8) is 0 Å². The molecule has 0 unspecified atom stereocenters. The van der Waals surface area contributed by atoms with Gasteiger partial charge < -0.3 is 14.8 Å². The molecular weight excluding hydrogens is 374 g/mol. The molecule has 0 aliphatic rings. The van der Waals surface area contributed by atoms with Gasteiger partial charge in [0.05, 0.1) is 6.61 Å². The van der Waals surface area contributed by atoms with Crippen molar-refractivity contribution >= 4 is 22.4 Å². The number of hydrogen-bond acceptors (Lipinski definition) is 3. The predicted octanol–water partition coefficient (Wildman–Crippen LogP) is 6.07. The Morgan fingerprint density at radius 3 is 2.40 bits per heavy atom. The zero-order valence-corrected chi connectivity index (χ0v) is 16.8. The first-order chi connectivity index (χ1) is 14.7. The van der Waals surface area contributed by atoms with Crippen LogP contribution in [0.3, 0.4) is 0 Å². The van der Waals surface area contributed by atoms with Crippen molar-refractivity contribution < 1.29 is 14.3 Å². The first kappa shape index (κ1) is 19.5. The van der Waals surface area contributed by atoms with Gasteiger partial charge in [-0.1, -0.05) is 54.6 Å². The van der Waals surface area contributed by atoms with Crippen molar-refractivity contribution in [1.29, 1.82) is 0 Å². The minimum absolute atomic E-state index is 0.171. The van der Waals surface area contributed by atoms with Crippen LogP contribution in [0, 0.1) is 0 Å². The van der Waals surface area contributed by atoms with Gasteiger partial charge in [0.2, 0.25) is 0 Å². The Hall–Kier alpha value is -3.79. The molecule has 0 atom stereocenters. The highest BCUT2D eigenvalue weighted by molar-refractivity contribution is 6.04. The number of rotatable bonds is 7. The Kier molecular flexibility index (Phi) is 5.95. The summed E-state index contributed by atoms with van der Waals surface area (Å²) in [4.78, 5) is 12.7. The van der Waals surface area contributed by atoms with E-state index in [9.17, 15) is 4.79 Å². The third kappa shape index (κ3) is 4.44. The third-order valence-electron chi connectivity index (χ3n) is 4.79. The summed E-state index contributed by atoms with van der Waals surface area (Å²) < 4.78 is 11.9. The van der Waals surface area contributed by atoms with Crippen LogP contribution in [-0.2, 0) is 6.61 Å². The van der Waals surface area contributed by atoms with Crippen molar-refractivity contribution in [2.45, 2.75) is 13.5 Å². The van der Waals surface area contributed by atoms with E-state index in [1.54, 1.807) is 6.07 Å². The number of hydrogen-bond donors (Lipinski definition) is 1. The maximum absolute atomic E-state index is 12.7. The van der Waals surface area contributed by atoms with E-state index in [0.29, 0.717) is 24.5 Å². The van der Waals surface area contributed by atoms with E-state index in [1.165, 1.54) is 0 Å². The number of ether oxygens (including phenoxy) is 2. The first-order valence-corrected chi connectivity index (χ1v) is 9.97. The van der Waals surface area contributed by atoms with Crippen LogP contribution in [-0.4, -0.2) is 12.5 Å². The topological polar surface area (TPSA) is 47.6 Å². The fourth-order valence-electron chi connectivity index (χ4n) is 3.33. The summed E-state index contributed by atoms with van der Waals surface area (Å²) in [5, 5.41) is 5.09. The average Bonchev–Trinajstić information content (AvgIpc) is 2.79. The minimum atomic E-state index is -0.171. The van der Waals surface area contributed by atoms with Gasteiger partial charge >= 0.3 is 0 Å². The summed E-state index contributed by atoms with van der Waals surface area (Å²) >= 11 is 0. The molecule has 4 rings (SSSR count). The smallest absolute Gasteiger partial charge is 0.255 e. The third-order valence-corrected chi connectivity index (χ3v) is 4.79. The van der Waals surface area contributed by atoms with Gasteiger partial charge in [0, 0.05) is 22.2 Å². The molecular formula is C26H23NO3. The van der Waals surface area contributed by atoms with Gasteiger partial charge in [0.25, 0.3) is 5.91 Å². The van der Waals surface area contributed by atoms with Crippen LogP contribution >= 0.6 is 0 Å². The van der Waals surface area contributed by atoms with Crippen molar-refractivity contribution in [2.75, 3.05) is 11.9 Å². The van der Waals surface area contributed by atoms with Crippen molar-refractivity contribution in [2.24, 2.45) is 0 Å². The summed E-state index contributed by atoms with van der Waals surface area (Å²) in [5.74, 6) is 1.35. The van der Waals surface area contributed by atoms with Crippen LogP contribution in [0.25, 0.3) is 10.8 Å². The number of benzene rings is 4. The van der Waals surface area contributed by atoms with E-state index in [-0.39, 0.29) is 5.91 Å². The zero-order valence-electron chi connectivity index (χ0n) is 16.8. The van der Waals surface area contributed by atoms with Gasteiger partial charge in [-0.15, -0.1) is 0 Å². The fourth-order valence-corrected chi connectivity index (χ4v) is 3.33. The van der Waals surface area contributed by atoms with E-state index in [0.717, 1.165) is 27.8 Å². The Morgan fingerprint density at radius 1 is 0.800 bits per heavy atom. The van der Waals surface area contributed by atoms with Gasteiger partial charge in [-0.2, -0.15) is 0 Å². The lowest BCUT2D eigenvalue weighted by molar-refractivity contribution is 0.102. The van der Waals surface area contributed by atoms with Crippen LogP contribution in [0.1, 0.15) is 22.8 Å². The number of carbonyl (C=O) groups excluding carboxylic acids is 1. The van der Waals surface area contributed by atoms with Gasteiger partial charge in [-0.25, -0.2) is 0 Å². The highest BCUT2D eigenvalue weighted by Crippen LogP contribution is 2.28. The molecule has 0 saturated carbocycles. The predicted molar refractivity (Wildman–Crippen MR) is 120 cm³/mol. The lowest BCUT2D eigenvalue weighted by Crippen LogP contribution is -2.13. The van der Waals surface area contributed by atoms with E-state index in [2.05, 4.69) is 17.4 Å². The number of fused-ring (bicyclic) bond motifs is 1. The van der Waals surface area contributed by atoms with Gasteiger partial charge in [0.1, 0.15) is 18.1 Å². The fraction of sp³-hybridized carbons (Fsp3) is 0.115. The van der Waals surface area contributed by atoms with Gasteiger partial charge in [-0.05, 0) is 48.7 Å². The average molecular weight is 397 g/mol. The Labute approximate surface area is 176 Å². The normalized spacial score (nSPS) is 10.6. The number of para-hydroxylation sites is 1. The second-order valence-corrected chi connectivity index (χ2v) is 6.84. The minimum Gasteiger partial charge on any atom is -0.493 e. The highest BCUT2D eigenvalue weighted by atomic mass is 16.5. The molecule has 0 aromatic heterocycles. The second-order valence-electron chi connectivity index (χ2n) is 6.84. The number of carbonyl (C=O) groups is 1. The summed E-state index contributed by atoms with van der Waals surface area (Å²) in [5.41, 5.74) is 2.13. The zero-order chi connectivity index (χ0) is 20.8. The van der Waals surface area contributed by atoms with Crippen molar-refractivity contribution in [3.05, 3.63) is 102 Å². The molecule has 0 spiro atoms. The van der Waals surface area contributed by atoms with E-state index in [4.69, 9.17) is 9.47 Å². The first-order valence-electron chi connectivity index (χ1n) is 9.97. The molecule has 0 fully saturated rings. The number of amides is 1. The Balaban J connectivity index is 1.57. The molecule has 0 saturated heterocycles. The summed E-state index contributed by atoms with van der Waals surface area (Å²) in [6, 6.07) is 28.9. The van der Waals surface area contributed by atoms with Crippen molar-refractivity contribution in [1.82, 2.24) is 0 Å². The van der Waals surface area contributed by atoms with Gasteiger partial charge in [0.15, 0.2) is 0 Å². The van der Waals surface area contributed by atoms with Crippen LogP contribution < -0.4 is 14.8 Å². The van der Waals surface area contributed by atoms with Crippen LogP contribution in [0.4, 0.5) is 5.69 Å². The molecule has 30 heavy (non-hydrogen) atoms. The van der Waals surface area contributed by atoms with Crippen molar-refractivity contribution in [3.8, 4) is 11.5 Å². The monoisotopic (exact) mass is 397 g/mol. The van der Waals surface area contributed by atoms with Crippen LogP contribution in [0.15, 0.2) is 91.0 Å². The van der Waals surface area contributed by atoms with E-state index < -0.39 is 0 Å². The molecule has 0 aliphatic carbocycles. The molecule has 150 valence electrons. The molecule has 0 bridgehead atoms. The summed E-state index contributed by atoms with van der Waals surface area (Å²) in [7, 11) is 0. The molecule has 4 nitrogen and oxygen atoms in total. The largest absolute Gasteiger partial charge is 0.493 e. The Morgan fingerprint density at radius 2 is 1.57 bits per heavy atom.